The van der Waals surface area contributed by atoms with Gasteiger partial charge in [0.15, 0.2) is 0 Å². The van der Waals surface area contributed by atoms with Gasteiger partial charge in [-0.05, 0) is 40.1 Å². The van der Waals surface area contributed by atoms with Crippen molar-refractivity contribution in [2.75, 3.05) is 26.2 Å². The van der Waals surface area contributed by atoms with E-state index in [0.29, 0.717) is 6.42 Å². The van der Waals surface area contributed by atoms with E-state index < -0.39 is 0 Å². The van der Waals surface area contributed by atoms with E-state index in [1.807, 2.05) is 28.5 Å². The van der Waals surface area contributed by atoms with Crippen LogP contribution in [-0.4, -0.2) is 41.9 Å². The Hall–Kier alpha value is -1.36. The maximum Gasteiger partial charge on any atom is 0.227 e. The zero-order chi connectivity index (χ0) is 15.4. The van der Waals surface area contributed by atoms with E-state index in [1.54, 1.807) is 11.3 Å². The van der Waals surface area contributed by atoms with Gasteiger partial charge in [-0.1, -0.05) is 23.7 Å². The molecule has 5 heteroatoms. The predicted octanol–water partition coefficient (Wildman–Crippen LogP) is 3.29. The Morgan fingerprint density at radius 2 is 1.77 bits per heavy atom. The minimum absolute atomic E-state index is 0.240. The SMILES string of the molecule is O=C(Cc1ccsc1)N1CCN(Cc2ccc(Cl)cc2)CC1. The normalized spacial score (nSPS) is 16.0. The highest BCUT2D eigenvalue weighted by molar-refractivity contribution is 7.08. The molecular weight excluding hydrogens is 316 g/mol. The highest BCUT2D eigenvalue weighted by Crippen LogP contribution is 2.14. The second kappa shape index (κ2) is 7.27. The standard InChI is InChI=1S/C17H19ClN2OS/c18-16-3-1-14(2-4-16)12-19-6-8-20(9-7-19)17(21)11-15-5-10-22-13-15/h1-5,10,13H,6-9,11-12H2. The number of carbonyl (C=O) groups is 1. The third-order valence-corrected chi connectivity index (χ3v) is 4.96. The minimum atomic E-state index is 0.240. The molecule has 1 aliphatic rings. The zero-order valence-corrected chi connectivity index (χ0v) is 13.9. The largest absolute Gasteiger partial charge is 0.340 e. The number of halogens is 1. The van der Waals surface area contributed by atoms with Crippen LogP contribution in [0.2, 0.25) is 5.02 Å². The Balaban J connectivity index is 1.47. The Morgan fingerprint density at radius 1 is 1.05 bits per heavy atom. The number of hydrogen-bond donors (Lipinski definition) is 0. The number of amides is 1. The molecule has 1 saturated heterocycles. The lowest BCUT2D eigenvalue weighted by Gasteiger charge is -2.34. The average molecular weight is 335 g/mol. The quantitative estimate of drug-likeness (QED) is 0.856. The first-order valence-electron chi connectivity index (χ1n) is 7.46. The topological polar surface area (TPSA) is 23.6 Å². The lowest BCUT2D eigenvalue weighted by Crippen LogP contribution is -2.48. The van der Waals surface area contributed by atoms with Crippen molar-refractivity contribution in [3.8, 4) is 0 Å². The second-order valence-corrected chi connectivity index (χ2v) is 6.81. The Kier molecular flexibility index (Phi) is 5.13. The molecule has 0 radical (unpaired) electrons. The van der Waals surface area contributed by atoms with Crippen LogP contribution in [-0.2, 0) is 17.8 Å². The van der Waals surface area contributed by atoms with Gasteiger partial charge >= 0.3 is 0 Å². The van der Waals surface area contributed by atoms with E-state index in [1.165, 1.54) is 5.56 Å². The Bertz CT molecular complexity index is 604. The summed E-state index contributed by atoms with van der Waals surface area (Å²) < 4.78 is 0. The van der Waals surface area contributed by atoms with Crippen LogP contribution >= 0.6 is 22.9 Å². The number of benzene rings is 1. The van der Waals surface area contributed by atoms with Crippen LogP contribution in [0.1, 0.15) is 11.1 Å². The molecule has 1 amide bonds. The number of hydrogen-bond acceptors (Lipinski definition) is 3. The van der Waals surface area contributed by atoms with Crippen LogP contribution in [0.4, 0.5) is 0 Å². The van der Waals surface area contributed by atoms with Gasteiger partial charge in [-0.3, -0.25) is 9.69 Å². The predicted molar refractivity (Wildman–Crippen MR) is 91.3 cm³/mol. The molecule has 2 heterocycles. The lowest BCUT2D eigenvalue weighted by molar-refractivity contribution is -0.132. The molecule has 1 aliphatic heterocycles. The number of carbonyl (C=O) groups excluding carboxylic acids is 1. The summed E-state index contributed by atoms with van der Waals surface area (Å²) in [6, 6.07) is 10.0. The van der Waals surface area contributed by atoms with E-state index in [4.69, 9.17) is 11.6 Å². The number of thiophene rings is 1. The molecule has 0 aliphatic carbocycles. The van der Waals surface area contributed by atoms with E-state index >= 15 is 0 Å². The van der Waals surface area contributed by atoms with Crippen molar-refractivity contribution < 1.29 is 4.79 Å². The fourth-order valence-corrected chi connectivity index (χ4v) is 3.48. The summed E-state index contributed by atoms with van der Waals surface area (Å²) >= 11 is 7.55. The minimum Gasteiger partial charge on any atom is -0.340 e. The third-order valence-electron chi connectivity index (χ3n) is 3.98. The van der Waals surface area contributed by atoms with Gasteiger partial charge in [0, 0.05) is 37.7 Å². The highest BCUT2D eigenvalue weighted by atomic mass is 35.5. The summed E-state index contributed by atoms with van der Waals surface area (Å²) in [6.07, 6.45) is 0.528. The summed E-state index contributed by atoms with van der Waals surface area (Å²) in [4.78, 5) is 16.6. The monoisotopic (exact) mass is 334 g/mol. The van der Waals surface area contributed by atoms with Crippen molar-refractivity contribution in [3.63, 3.8) is 0 Å². The van der Waals surface area contributed by atoms with Crippen LogP contribution in [0.3, 0.4) is 0 Å². The summed E-state index contributed by atoms with van der Waals surface area (Å²) in [5, 5.41) is 4.84. The summed E-state index contributed by atoms with van der Waals surface area (Å²) in [7, 11) is 0. The molecule has 3 nitrogen and oxygen atoms in total. The lowest BCUT2D eigenvalue weighted by atomic mass is 10.2. The van der Waals surface area contributed by atoms with E-state index in [2.05, 4.69) is 22.4 Å². The van der Waals surface area contributed by atoms with Crippen molar-refractivity contribution in [2.45, 2.75) is 13.0 Å². The number of piperazine rings is 1. The van der Waals surface area contributed by atoms with Crippen LogP contribution in [0.25, 0.3) is 0 Å². The first-order valence-corrected chi connectivity index (χ1v) is 8.78. The van der Waals surface area contributed by atoms with Crippen molar-refractivity contribution >= 4 is 28.8 Å². The van der Waals surface area contributed by atoms with Gasteiger partial charge in [0.05, 0.1) is 6.42 Å². The zero-order valence-electron chi connectivity index (χ0n) is 12.4. The van der Waals surface area contributed by atoms with Gasteiger partial charge < -0.3 is 4.90 Å². The molecule has 1 fully saturated rings. The van der Waals surface area contributed by atoms with Crippen LogP contribution in [0.5, 0.6) is 0 Å². The van der Waals surface area contributed by atoms with Gasteiger partial charge in [-0.25, -0.2) is 0 Å². The van der Waals surface area contributed by atoms with Gasteiger partial charge in [0.1, 0.15) is 0 Å². The average Bonchev–Trinajstić information content (AvgIpc) is 3.03. The third kappa shape index (κ3) is 4.09. The van der Waals surface area contributed by atoms with Crippen LogP contribution in [0.15, 0.2) is 41.1 Å². The molecule has 0 spiro atoms. The molecule has 0 saturated carbocycles. The molecule has 2 aromatic rings. The highest BCUT2D eigenvalue weighted by Gasteiger charge is 2.21. The van der Waals surface area contributed by atoms with Crippen molar-refractivity contribution in [2.24, 2.45) is 0 Å². The Morgan fingerprint density at radius 3 is 2.41 bits per heavy atom. The first kappa shape index (κ1) is 15.5. The van der Waals surface area contributed by atoms with Gasteiger partial charge in [0.2, 0.25) is 5.91 Å². The number of nitrogens with zero attached hydrogens (tertiary/aromatic N) is 2. The molecule has 1 aromatic carbocycles. The second-order valence-electron chi connectivity index (χ2n) is 5.59. The smallest absolute Gasteiger partial charge is 0.227 e. The van der Waals surface area contributed by atoms with Gasteiger partial charge in [-0.2, -0.15) is 11.3 Å². The molecule has 0 bridgehead atoms. The van der Waals surface area contributed by atoms with Gasteiger partial charge in [-0.15, -0.1) is 0 Å². The molecule has 3 rings (SSSR count). The van der Waals surface area contributed by atoms with Crippen molar-refractivity contribution in [1.82, 2.24) is 9.80 Å². The maximum absolute atomic E-state index is 12.3. The van der Waals surface area contributed by atoms with E-state index in [-0.39, 0.29) is 5.91 Å². The Labute approximate surface area is 140 Å². The summed E-state index contributed by atoms with van der Waals surface area (Å²) in [5.74, 6) is 0.240. The first-order chi connectivity index (χ1) is 10.7. The summed E-state index contributed by atoms with van der Waals surface area (Å²) in [6.45, 7) is 4.41. The van der Waals surface area contributed by atoms with Crippen molar-refractivity contribution in [1.29, 1.82) is 0 Å². The maximum atomic E-state index is 12.3. The molecule has 0 atom stereocenters. The molecule has 22 heavy (non-hydrogen) atoms. The molecule has 116 valence electrons. The van der Waals surface area contributed by atoms with Crippen LogP contribution in [0, 0.1) is 0 Å². The van der Waals surface area contributed by atoms with Crippen molar-refractivity contribution in [3.05, 3.63) is 57.2 Å². The molecular formula is C17H19ClN2OS. The molecule has 1 aromatic heterocycles. The molecule has 0 unspecified atom stereocenters. The van der Waals surface area contributed by atoms with Crippen LogP contribution < -0.4 is 0 Å². The fourth-order valence-electron chi connectivity index (χ4n) is 2.68. The van der Waals surface area contributed by atoms with E-state index in [0.717, 1.165) is 43.3 Å². The van der Waals surface area contributed by atoms with Gasteiger partial charge in [0.25, 0.3) is 0 Å². The fraction of sp³-hybridized carbons (Fsp3) is 0.353. The number of rotatable bonds is 4. The van der Waals surface area contributed by atoms with E-state index in [9.17, 15) is 4.79 Å². The summed E-state index contributed by atoms with van der Waals surface area (Å²) in [5.41, 5.74) is 2.39. The molecule has 0 N–H and O–H groups in total.